The van der Waals surface area contributed by atoms with Gasteiger partial charge in [-0.3, -0.25) is 9.59 Å². The lowest BCUT2D eigenvalue weighted by Crippen LogP contribution is -2.40. The van der Waals surface area contributed by atoms with E-state index >= 15 is 0 Å². The quantitative estimate of drug-likeness (QED) is 0.793. The fourth-order valence-electron chi connectivity index (χ4n) is 2.79. The number of anilines is 1. The molecule has 1 heterocycles. The fraction of sp³-hybridized carbons (Fsp3) is 0.250. The Morgan fingerprint density at radius 1 is 1.04 bits per heavy atom. The van der Waals surface area contributed by atoms with Crippen LogP contribution in [0.1, 0.15) is 15.9 Å². The van der Waals surface area contributed by atoms with Crippen molar-refractivity contribution >= 4 is 34.8 Å². The number of hydrogen-bond acceptors (Lipinski definition) is 4. The number of nitrogens with zero attached hydrogens (tertiary/aromatic N) is 1. The number of carbonyl (C=O) groups excluding carboxylic acids is 2. The molecule has 7 heteroatoms. The number of nitrogens with one attached hydrogen (secondary N) is 2. The molecule has 2 aromatic carbocycles. The van der Waals surface area contributed by atoms with Crippen LogP contribution in [0.4, 0.5) is 5.69 Å². The number of benzene rings is 2. The van der Waals surface area contributed by atoms with Crippen molar-refractivity contribution in [2.45, 2.75) is 6.42 Å². The second-order valence-corrected chi connectivity index (χ2v) is 6.56. The molecule has 3 rings (SSSR count). The molecule has 0 spiro atoms. The molecule has 0 saturated carbocycles. The number of morpholine rings is 1. The van der Waals surface area contributed by atoms with Crippen molar-refractivity contribution in [1.29, 1.82) is 0 Å². The van der Waals surface area contributed by atoms with Crippen molar-refractivity contribution in [3.05, 3.63) is 65.7 Å². The highest BCUT2D eigenvalue weighted by molar-refractivity contribution is 7.80. The summed E-state index contributed by atoms with van der Waals surface area (Å²) in [4.78, 5) is 26.4. The van der Waals surface area contributed by atoms with E-state index in [1.54, 1.807) is 29.2 Å². The third-order valence-electron chi connectivity index (χ3n) is 4.13. The largest absolute Gasteiger partial charge is 0.378 e. The lowest BCUT2D eigenvalue weighted by molar-refractivity contribution is -0.119. The Morgan fingerprint density at radius 2 is 1.78 bits per heavy atom. The molecular weight excluding hydrogens is 362 g/mol. The zero-order chi connectivity index (χ0) is 19.1. The molecule has 0 aromatic heterocycles. The van der Waals surface area contributed by atoms with Gasteiger partial charge in [0.25, 0.3) is 5.91 Å². The maximum absolute atomic E-state index is 12.6. The second-order valence-electron chi connectivity index (χ2n) is 6.15. The SMILES string of the molecule is O=C(Cc1ccccc1)NC(=S)Nc1cccc(C(=O)N2CCOCC2)c1. The van der Waals surface area contributed by atoms with E-state index in [1.165, 1.54) is 0 Å². The topological polar surface area (TPSA) is 70.7 Å². The Kier molecular flexibility index (Phi) is 6.51. The first kappa shape index (κ1) is 19.0. The van der Waals surface area contributed by atoms with E-state index in [4.69, 9.17) is 17.0 Å². The van der Waals surface area contributed by atoms with Crippen LogP contribution >= 0.6 is 12.2 Å². The van der Waals surface area contributed by atoms with Crippen molar-refractivity contribution in [3.63, 3.8) is 0 Å². The van der Waals surface area contributed by atoms with Gasteiger partial charge in [0.05, 0.1) is 19.6 Å². The molecule has 1 aliphatic heterocycles. The van der Waals surface area contributed by atoms with Crippen LogP contribution in [0.3, 0.4) is 0 Å². The summed E-state index contributed by atoms with van der Waals surface area (Å²) in [5, 5.41) is 5.82. The van der Waals surface area contributed by atoms with Crippen molar-refractivity contribution in [2.24, 2.45) is 0 Å². The lowest BCUT2D eigenvalue weighted by atomic mass is 10.1. The van der Waals surface area contributed by atoms with Crippen LogP contribution in [0.15, 0.2) is 54.6 Å². The van der Waals surface area contributed by atoms with E-state index in [9.17, 15) is 9.59 Å². The number of carbonyl (C=O) groups is 2. The van der Waals surface area contributed by atoms with Crippen LogP contribution in [0.2, 0.25) is 0 Å². The number of ether oxygens (including phenoxy) is 1. The predicted molar refractivity (Wildman–Crippen MR) is 108 cm³/mol. The van der Waals surface area contributed by atoms with E-state index in [0.717, 1.165) is 5.56 Å². The third-order valence-corrected chi connectivity index (χ3v) is 4.33. The van der Waals surface area contributed by atoms with Gasteiger partial charge < -0.3 is 20.3 Å². The van der Waals surface area contributed by atoms with Gasteiger partial charge in [0.1, 0.15) is 0 Å². The molecule has 0 aliphatic carbocycles. The van der Waals surface area contributed by atoms with E-state index in [-0.39, 0.29) is 23.3 Å². The summed E-state index contributed by atoms with van der Waals surface area (Å²) >= 11 is 5.21. The van der Waals surface area contributed by atoms with Crippen LogP contribution in [-0.2, 0) is 16.0 Å². The zero-order valence-corrected chi connectivity index (χ0v) is 15.6. The van der Waals surface area contributed by atoms with E-state index in [2.05, 4.69) is 10.6 Å². The highest BCUT2D eigenvalue weighted by Crippen LogP contribution is 2.14. The minimum atomic E-state index is -0.195. The average Bonchev–Trinajstić information content (AvgIpc) is 2.69. The van der Waals surface area contributed by atoms with Gasteiger partial charge in [0, 0.05) is 24.3 Å². The van der Waals surface area contributed by atoms with E-state index in [0.29, 0.717) is 37.6 Å². The first-order chi connectivity index (χ1) is 13.1. The molecule has 27 heavy (non-hydrogen) atoms. The maximum atomic E-state index is 12.6. The summed E-state index contributed by atoms with van der Waals surface area (Å²) < 4.78 is 5.28. The first-order valence-electron chi connectivity index (χ1n) is 8.73. The van der Waals surface area contributed by atoms with E-state index in [1.807, 2.05) is 30.3 Å². The van der Waals surface area contributed by atoms with Crippen LogP contribution in [-0.4, -0.2) is 48.1 Å². The average molecular weight is 383 g/mol. The standard InChI is InChI=1S/C20H21N3O3S/c24-18(13-15-5-2-1-3-6-15)22-20(27)21-17-8-4-7-16(14-17)19(25)23-9-11-26-12-10-23/h1-8,14H,9-13H2,(H2,21,22,24,27). The van der Waals surface area contributed by atoms with Gasteiger partial charge in [-0.05, 0) is 36.0 Å². The summed E-state index contributed by atoms with van der Waals surface area (Å²) in [6.07, 6.45) is 0.248. The summed E-state index contributed by atoms with van der Waals surface area (Å²) in [6, 6.07) is 16.5. The molecule has 1 aliphatic rings. The summed E-state index contributed by atoms with van der Waals surface area (Å²) in [5.41, 5.74) is 2.13. The molecule has 0 bridgehead atoms. The van der Waals surface area contributed by atoms with Crippen molar-refractivity contribution in [2.75, 3.05) is 31.6 Å². The second kappa shape index (κ2) is 9.25. The van der Waals surface area contributed by atoms with E-state index < -0.39 is 0 Å². The number of thiocarbonyl (C=S) groups is 1. The van der Waals surface area contributed by atoms with Crippen LogP contribution in [0, 0.1) is 0 Å². The van der Waals surface area contributed by atoms with Crippen LogP contribution in [0.5, 0.6) is 0 Å². The first-order valence-corrected chi connectivity index (χ1v) is 9.14. The molecule has 1 saturated heterocycles. The number of rotatable bonds is 4. The fourth-order valence-corrected chi connectivity index (χ4v) is 3.03. The molecular formula is C20H21N3O3S. The minimum absolute atomic E-state index is 0.0408. The van der Waals surface area contributed by atoms with Gasteiger partial charge >= 0.3 is 0 Å². The Morgan fingerprint density at radius 3 is 2.52 bits per heavy atom. The van der Waals surface area contributed by atoms with Crippen LogP contribution < -0.4 is 10.6 Å². The van der Waals surface area contributed by atoms with Gasteiger partial charge in [-0.15, -0.1) is 0 Å². The highest BCUT2D eigenvalue weighted by Gasteiger charge is 2.18. The summed E-state index contributed by atoms with van der Waals surface area (Å²) in [6.45, 7) is 2.29. The Hall–Kier alpha value is -2.77. The van der Waals surface area contributed by atoms with Crippen molar-refractivity contribution in [3.8, 4) is 0 Å². The molecule has 2 amide bonds. The Labute approximate surface area is 163 Å². The summed E-state index contributed by atoms with van der Waals surface area (Å²) in [7, 11) is 0. The Balaban J connectivity index is 1.56. The highest BCUT2D eigenvalue weighted by atomic mass is 32.1. The van der Waals surface area contributed by atoms with Crippen molar-refractivity contribution < 1.29 is 14.3 Å². The van der Waals surface area contributed by atoms with Crippen LogP contribution in [0.25, 0.3) is 0 Å². The van der Waals surface area contributed by atoms with Crippen molar-refractivity contribution in [1.82, 2.24) is 10.2 Å². The molecule has 140 valence electrons. The smallest absolute Gasteiger partial charge is 0.254 e. The Bertz CT molecular complexity index is 820. The van der Waals surface area contributed by atoms with Gasteiger partial charge in [-0.1, -0.05) is 36.4 Å². The lowest BCUT2D eigenvalue weighted by Gasteiger charge is -2.27. The maximum Gasteiger partial charge on any atom is 0.254 e. The molecule has 2 N–H and O–H groups in total. The third kappa shape index (κ3) is 5.60. The van der Waals surface area contributed by atoms with Gasteiger partial charge in [-0.2, -0.15) is 0 Å². The molecule has 0 atom stereocenters. The molecule has 1 fully saturated rings. The van der Waals surface area contributed by atoms with Gasteiger partial charge in [0.15, 0.2) is 5.11 Å². The van der Waals surface area contributed by atoms with Gasteiger partial charge in [-0.25, -0.2) is 0 Å². The minimum Gasteiger partial charge on any atom is -0.378 e. The molecule has 2 aromatic rings. The molecule has 6 nitrogen and oxygen atoms in total. The number of hydrogen-bond donors (Lipinski definition) is 2. The zero-order valence-electron chi connectivity index (χ0n) is 14.8. The summed E-state index contributed by atoms with van der Waals surface area (Å²) in [5.74, 6) is -0.236. The predicted octanol–water partition coefficient (Wildman–Crippen LogP) is 2.21. The number of amides is 2. The monoisotopic (exact) mass is 383 g/mol. The molecule has 0 radical (unpaired) electrons. The molecule has 0 unspecified atom stereocenters. The van der Waals surface area contributed by atoms with Gasteiger partial charge in [0.2, 0.25) is 5.91 Å². The normalized spacial score (nSPS) is 13.7.